The van der Waals surface area contributed by atoms with Crippen LogP contribution < -0.4 is 10.1 Å². The summed E-state index contributed by atoms with van der Waals surface area (Å²) >= 11 is 3.36. The minimum absolute atomic E-state index is 0.187. The molecule has 6 heteroatoms. The number of aromatic nitrogens is 1. The number of carbonyl (C=O) groups excluding carboxylic acids is 1. The molecule has 0 saturated carbocycles. The highest BCUT2D eigenvalue weighted by atomic mass is 79.9. The van der Waals surface area contributed by atoms with Crippen LogP contribution in [0.25, 0.3) is 11.3 Å². The Morgan fingerprint density at radius 1 is 1.20 bits per heavy atom. The number of carbonyl (C=O) groups is 1. The number of halogens is 1. The average Bonchev–Trinajstić information content (AvgIpc) is 3.22. The normalized spacial score (nSPS) is 15.5. The second-order valence-corrected chi connectivity index (χ2v) is 6.91. The predicted octanol–water partition coefficient (Wildman–Crippen LogP) is 4.68. The summed E-state index contributed by atoms with van der Waals surface area (Å²) < 4.78 is 12.0. The lowest BCUT2D eigenvalue weighted by Gasteiger charge is -2.02. The quantitative estimate of drug-likeness (QED) is 0.695. The standard InChI is InChI=1S/C19H15BrN2O3/c1-11-8-13-9-12(2-7-17(13)24-11)18-10-16(22-25-18)19(23)21-15-5-3-14(20)4-6-15/h2-7,9-11H,8H2,1H3,(H,21,23). The third-order valence-electron chi connectivity index (χ3n) is 4.03. The summed E-state index contributed by atoms with van der Waals surface area (Å²) in [5.74, 6) is 1.16. The molecule has 1 aromatic heterocycles. The molecular weight excluding hydrogens is 384 g/mol. The van der Waals surface area contributed by atoms with E-state index in [1.807, 2.05) is 49.4 Å². The SMILES string of the molecule is CC1Cc2cc(-c3cc(C(=O)Nc4ccc(Br)cc4)no3)ccc2O1. The van der Waals surface area contributed by atoms with E-state index in [4.69, 9.17) is 9.26 Å². The van der Waals surface area contributed by atoms with Crippen LogP contribution >= 0.6 is 15.9 Å². The summed E-state index contributed by atoms with van der Waals surface area (Å²) in [6.07, 6.45) is 1.06. The fraction of sp³-hybridized carbons (Fsp3) is 0.158. The van der Waals surface area contributed by atoms with E-state index in [0.29, 0.717) is 11.4 Å². The number of benzene rings is 2. The summed E-state index contributed by atoms with van der Waals surface area (Å²) in [6, 6.07) is 14.8. The fourth-order valence-electron chi connectivity index (χ4n) is 2.82. The Morgan fingerprint density at radius 2 is 2.00 bits per heavy atom. The highest BCUT2D eigenvalue weighted by Gasteiger charge is 2.21. The van der Waals surface area contributed by atoms with E-state index in [-0.39, 0.29) is 17.7 Å². The number of ether oxygens (including phenoxy) is 1. The van der Waals surface area contributed by atoms with Gasteiger partial charge >= 0.3 is 0 Å². The largest absolute Gasteiger partial charge is 0.490 e. The van der Waals surface area contributed by atoms with E-state index < -0.39 is 0 Å². The van der Waals surface area contributed by atoms with Gasteiger partial charge in [-0.1, -0.05) is 21.1 Å². The number of rotatable bonds is 3. The molecule has 0 saturated heterocycles. The number of hydrogen-bond acceptors (Lipinski definition) is 4. The van der Waals surface area contributed by atoms with Gasteiger partial charge < -0.3 is 14.6 Å². The lowest BCUT2D eigenvalue weighted by atomic mass is 10.1. The van der Waals surface area contributed by atoms with Crippen LogP contribution in [0.4, 0.5) is 5.69 Å². The van der Waals surface area contributed by atoms with E-state index in [9.17, 15) is 4.79 Å². The number of hydrogen-bond donors (Lipinski definition) is 1. The third kappa shape index (κ3) is 3.30. The van der Waals surface area contributed by atoms with Crippen molar-refractivity contribution in [3.05, 3.63) is 64.3 Å². The molecule has 0 bridgehead atoms. The average molecular weight is 399 g/mol. The predicted molar refractivity (Wildman–Crippen MR) is 97.8 cm³/mol. The molecule has 126 valence electrons. The molecule has 4 rings (SSSR count). The van der Waals surface area contributed by atoms with E-state index in [0.717, 1.165) is 27.8 Å². The molecule has 1 amide bonds. The summed E-state index contributed by atoms with van der Waals surface area (Å²) in [5.41, 5.74) is 2.96. The van der Waals surface area contributed by atoms with Crippen LogP contribution in [0.1, 0.15) is 23.0 Å². The van der Waals surface area contributed by atoms with Gasteiger partial charge in [-0.25, -0.2) is 0 Å². The molecule has 25 heavy (non-hydrogen) atoms. The van der Waals surface area contributed by atoms with Crippen LogP contribution in [0.15, 0.2) is 57.5 Å². The van der Waals surface area contributed by atoms with Gasteiger partial charge in [0.1, 0.15) is 11.9 Å². The van der Waals surface area contributed by atoms with E-state index in [1.165, 1.54) is 0 Å². The zero-order chi connectivity index (χ0) is 17.4. The Balaban J connectivity index is 1.53. The molecule has 2 aromatic carbocycles. The van der Waals surface area contributed by atoms with E-state index in [1.54, 1.807) is 6.07 Å². The van der Waals surface area contributed by atoms with Crippen molar-refractivity contribution >= 4 is 27.5 Å². The molecule has 1 N–H and O–H groups in total. The van der Waals surface area contributed by atoms with E-state index in [2.05, 4.69) is 26.4 Å². The van der Waals surface area contributed by atoms with Gasteiger partial charge in [-0.05, 0) is 55.0 Å². The number of anilines is 1. The van der Waals surface area contributed by atoms with Crippen molar-refractivity contribution in [1.29, 1.82) is 0 Å². The zero-order valence-electron chi connectivity index (χ0n) is 13.5. The smallest absolute Gasteiger partial charge is 0.277 e. The second-order valence-electron chi connectivity index (χ2n) is 5.99. The van der Waals surface area contributed by atoms with Crippen LogP contribution in [0.2, 0.25) is 0 Å². The lowest BCUT2D eigenvalue weighted by Crippen LogP contribution is -2.11. The molecule has 2 heterocycles. The Hall–Kier alpha value is -2.60. The number of nitrogens with one attached hydrogen (secondary N) is 1. The molecule has 1 unspecified atom stereocenters. The molecule has 3 aromatic rings. The van der Waals surface area contributed by atoms with Gasteiger partial charge in [-0.3, -0.25) is 4.79 Å². The van der Waals surface area contributed by atoms with Crippen molar-refractivity contribution in [2.45, 2.75) is 19.4 Å². The first kappa shape index (κ1) is 15.9. The molecule has 5 nitrogen and oxygen atoms in total. The van der Waals surface area contributed by atoms with Crippen molar-refractivity contribution in [2.24, 2.45) is 0 Å². The summed E-state index contributed by atoms with van der Waals surface area (Å²) in [7, 11) is 0. The maximum Gasteiger partial charge on any atom is 0.277 e. The number of nitrogens with zero attached hydrogens (tertiary/aromatic N) is 1. The van der Waals surface area contributed by atoms with Crippen LogP contribution in [-0.4, -0.2) is 17.2 Å². The molecule has 0 radical (unpaired) electrons. The van der Waals surface area contributed by atoms with Crippen LogP contribution in [0.3, 0.4) is 0 Å². The highest BCUT2D eigenvalue weighted by Crippen LogP contribution is 2.33. The van der Waals surface area contributed by atoms with Crippen LogP contribution in [0.5, 0.6) is 5.75 Å². The van der Waals surface area contributed by atoms with Gasteiger partial charge in [-0.2, -0.15) is 0 Å². The molecule has 0 spiro atoms. The van der Waals surface area contributed by atoms with Crippen LogP contribution in [0, 0.1) is 0 Å². The molecule has 0 fully saturated rings. The van der Waals surface area contributed by atoms with Gasteiger partial charge in [0.15, 0.2) is 11.5 Å². The summed E-state index contributed by atoms with van der Waals surface area (Å²) in [4.78, 5) is 12.3. The number of amides is 1. The minimum atomic E-state index is -0.310. The van der Waals surface area contributed by atoms with E-state index >= 15 is 0 Å². The summed E-state index contributed by atoms with van der Waals surface area (Å²) in [5, 5.41) is 6.68. The molecule has 1 aliphatic heterocycles. The first-order valence-electron chi connectivity index (χ1n) is 7.92. The zero-order valence-corrected chi connectivity index (χ0v) is 15.0. The van der Waals surface area contributed by atoms with Gasteiger partial charge in [-0.15, -0.1) is 0 Å². The first-order valence-corrected chi connectivity index (χ1v) is 8.71. The van der Waals surface area contributed by atoms with Crippen molar-refractivity contribution in [1.82, 2.24) is 5.16 Å². The van der Waals surface area contributed by atoms with Crippen molar-refractivity contribution in [3.63, 3.8) is 0 Å². The van der Waals surface area contributed by atoms with Gasteiger partial charge in [0.2, 0.25) is 0 Å². The second kappa shape index (κ2) is 6.37. The first-order chi connectivity index (χ1) is 12.1. The fourth-order valence-corrected chi connectivity index (χ4v) is 3.09. The van der Waals surface area contributed by atoms with Gasteiger partial charge in [0.25, 0.3) is 5.91 Å². The molecular formula is C19H15BrN2O3. The lowest BCUT2D eigenvalue weighted by molar-refractivity contribution is 0.101. The molecule has 0 aliphatic carbocycles. The Bertz CT molecular complexity index is 934. The third-order valence-corrected chi connectivity index (χ3v) is 4.55. The van der Waals surface area contributed by atoms with Crippen molar-refractivity contribution < 1.29 is 14.1 Å². The molecule has 1 atom stereocenters. The Morgan fingerprint density at radius 3 is 2.80 bits per heavy atom. The van der Waals surface area contributed by atoms with Crippen molar-refractivity contribution in [3.8, 4) is 17.1 Å². The molecule has 1 aliphatic rings. The van der Waals surface area contributed by atoms with Gasteiger partial charge in [0, 0.05) is 28.2 Å². The maximum atomic E-state index is 12.3. The Labute approximate surface area is 153 Å². The minimum Gasteiger partial charge on any atom is -0.490 e. The van der Waals surface area contributed by atoms with Crippen LogP contribution in [-0.2, 0) is 6.42 Å². The van der Waals surface area contributed by atoms with Gasteiger partial charge in [0.05, 0.1) is 0 Å². The number of fused-ring (bicyclic) bond motifs is 1. The monoisotopic (exact) mass is 398 g/mol. The maximum absolute atomic E-state index is 12.3. The summed E-state index contributed by atoms with van der Waals surface area (Å²) in [6.45, 7) is 2.04. The van der Waals surface area contributed by atoms with Crippen molar-refractivity contribution in [2.75, 3.05) is 5.32 Å². The Kier molecular flexibility index (Phi) is 4.05. The topological polar surface area (TPSA) is 64.4 Å². The highest BCUT2D eigenvalue weighted by molar-refractivity contribution is 9.10.